The number of benzene rings is 1. The van der Waals surface area contributed by atoms with Gasteiger partial charge >= 0.3 is 6.03 Å². The van der Waals surface area contributed by atoms with Crippen LogP contribution in [0.2, 0.25) is 0 Å². The van der Waals surface area contributed by atoms with Gasteiger partial charge in [0.2, 0.25) is 0 Å². The highest BCUT2D eigenvalue weighted by Crippen LogP contribution is 2.30. The number of aliphatic hydroxyl groups is 1. The third-order valence-corrected chi connectivity index (χ3v) is 5.16. The zero-order chi connectivity index (χ0) is 16.2. The first-order valence-corrected chi connectivity index (χ1v) is 8.62. The number of hydrogen-bond acceptors (Lipinski definition) is 2. The number of rotatable bonds is 3. The average Bonchev–Trinajstić information content (AvgIpc) is 2.55. The van der Waals surface area contributed by atoms with Crippen LogP contribution in [0.15, 0.2) is 18.2 Å². The Bertz CT molecular complexity index is 556. The number of nitrogens with one attached hydrogen (secondary N) is 2. The summed E-state index contributed by atoms with van der Waals surface area (Å²) in [6.07, 6.45) is 6.50. The minimum Gasteiger partial charge on any atom is -0.396 e. The molecule has 2 aliphatic rings. The van der Waals surface area contributed by atoms with Crippen molar-refractivity contribution in [1.82, 2.24) is 10.6 Å². The van der Waals surface area contributed by atoms with Crippen molar-refractivity contribution in [3.05, 3.63) is 35.1 Å². The maximum absolute atomic E-state index is 13.3. The Kier molecular flexibility index (Phi) is 5.16. The van der Waals surface area contributed by atoms with Crippen LogP contribution < -0.4 is 10.6 Å². The number of aliphatic hydroxyl groups excluding tert-OH is 1. The molecule has 0 bridgehead atoms. The molecule has 2 aliphatic carbocycles. The van der Waals surface area contributed by atoms with Crippen LogP contribution in [-0.4, -0.2) is 23.8 Å². The Morgan fingerprint density at radius 1 is 1.17 bits per heavy atom. The topological polar surface area (TPSA) is 61.4 Å². The Morgan fingerprint density at radius 2 is 1.96 bits per heavy atom. The van der Waals surface area contributed by atoms with Crippen molar-refractivity contribution in [1.29, 1.82) is 0 Å². The van der Waals surface area contributed by atoms with Crippen LogP contribution in [0.1, 0.15) is 55.7 Å². The molecule has 126 valence electrons. The fourth-order valence-corrected chi connectivity index (χ4v) is 3.81. The predicted molar refractivity (Wildman–Crippen MR) is 86.6 cm³/mol. The van der Waals surface area contributed by atoms with E-state index in [-0.39, 0.29) is 30.5 Å². The van der Waals surface area contributed by atoms with Crippen LogP contribution >= 0.6 is 0 Å². The smallest absolute Gasteiger partial charge is 0.315 e. The predicted octanol–water partition coefficient (Wildman–Crippen LogP) is 3.05. The third kappa shape index (κ3) is 4.02. The van der Waals surface area contributed by atoms with Crippen molar-refractivity contribution >= 4 is 6.03 Å². The lowest BCUT2D eigenvalue weighted by Gasteiger charge is -2.30. The quantitative estimate of drug-likeness (QED) is 0.801. The molecule has 23 heavy (non-hydrogen) atoms. The van der Waals surface area contributed by atoms with Crippen LogP contribution in [-0.2, 0) is 6.42 Å². The van der Waals surface area contributed by atoms with Gasteiger partial charge < -0.3 is 15.7 Å². The van der Waals surface area contributed by atoms with E-state index in [2.05, 4.69) is 10.6 Å². The normalized spacial score (nSPS) is 27.1. The Balaban J connectivity index is 1.55. The summed E-state index contributed by atoms with van der Waals surface area (Å²) in [6, 6.07) is 4.85. The van der Waals surface area contributed by atoms with Gasteiger partial charge in [-0.3, -0.25) is 0 Å². The molecule has 1 aromatic rings. The molecule has 0 aromatic heterocycles. The van der Waals surface area contributed by atoms with Gasteiger partial charge in [0.15, 0.2) is 0 Å². The molecule has 1 aromatic carbocycles. The van der Waals surface area contributed by atoms with Crippen LogP contribution in [0.4, 0.5) is 9.18 Å². The van der Waals surface area contributed by atoms with Gasteiger partial charge in [-0.1, -0.05) is 6.07 Å². The second kappa shape index (κ2) is 7.30. The summed E-state index contributed by atoms with van der Waals surface area (Å²) in [5, 5.41) is 15.3. The summed E-state index contributed by atoms with van der Waals surface area (Å²) in [7, 11) is 0. The van der Waals surface area contributed by atoms with Gasteiger partial charge in [-0.05, 0) is 74.1 Å². The summed E-state index contributed by atoms with van der Waals surface area (Å²) < 4.78 is 13.3. The number of hydrogen-bond donors (Lipinski definition) is 3. The lowest BCUT2D eigenvalue weighted by Crippen LogP contribution is -2.45. The van der Waals surface area contributed by atoms with Crippen LogP contribution in [0.5, 0.6) is 0 Å². The van der Waals surface area contributed by atoms with Gasteiger partial charge in [0, 0.05) is 12.6 Å². The fraction of sp³-hybridized carbons (Fsp3) is 0.611. The minimum atomic E-state index is -0.213. The number of fused-ring (bicyclic) bond motifs is 1. The SMILES string of the molecule is O=C(NC1CCC(CO)CC1)NC1CCCc2cc(F)ccc21. The third-order valence-electron chi connectivity index (χ3n) is 5.16. The summed E-state index contributed by atoms with van der Waals surface area (Å²) >= 11 is 0. The minimum absolute atomic E-state index is 0.0341. The lowest BCUT2D eigenvalue weighted by atomic mass is 9.86. The van der Waals surface area contributed by atoms with Gasteiger partial charge in [-0.25, -0.2) is 9.18 Å². The second-order valence-electron chi connectivity index (χ2n) is 6.81. The largest absolute Gasteiger partial charge is 0.396 e. The van der Waals surface area contributed by atoms with E-state index in [9.17, 15) is 9.18 Å². The van der Waals surface area contributed by atoms with Crippen LogP contribution in [0.25, 0.3) is 0 Å². The van der Waals surface area contributed by atoms with E-state index in [0.29, 0.717) is 5.92 Å². The maximum Gasteiger partial charge on any atom is 0.315 e. The molecule has 2 amide bonds. The van der Waals surface area contributed by atoms with Crippen molar-refractivity contribution in [2.45, 2.75) is 57.0 Å². The zero-order valence-corrected chi connectivity index (χ0v) is 13.4. The molecule has 4 nitrogen and oxygen atoms in total. The van der Waals surface area contributed by atoms with E-state index in [1.165, 1.54) is 6.07 Å². The van der Waals surface area contributed by atoms with Gasteiger partial charge in [-0.2, -0.15) is 0 Å². The van der Waals surface area contributed by atoms with E-state index in [1.54, 1.807) is 12.1 Å². The van der Waals surface area contributed by atoms with E-state index in [1.807, 2.05) is 0 Å². The molecule has 3 rings (SSSR count). The molecule has 0 aliphatic heterocycles. The molecule has 3 N–H and O–H groups in total. The van der Waals surface area contributed by atoms with Crippen molar-refractivity contribution in [2.24, 2.45) is 5.92 Å². The maximum atomic E-state index is 13.3. The number of halogens is 1. The molecule has 0 radical (unpaired) electrons. The molecular formula is C18H25FN2O2. The molecule has 5 heteroatoms. The second-order valence-corrected chi connectivity index (χ2v) is 6.81. The van der Waals surface area contributed by atoms with E-state index >= 15 is 0 Å². The summed E-state index contributed by atoms with van der Waals surface area (Å²) in [6.45, 7) is 0.244. The molecule has 1 fully saturated rings. The van der Waals surface area contributed by atoms with Crippen LogP contribution in [0, 0.1) is 11.7 Å². The highest BCUT2D eigenvalue weighted by Gasteiger charge is 2.25. The molecule has 0 saturated heterocycles. The first-order valence-electron chi connectivity index (χ1n) is 8.62. The fourth-order valence-electron chi connectivity index (χ4n) is 3.81. The number of urea groups is 1. The summed E-state index contributed by atoms with van der Waals surface area (Å²) in [4.78, 5) is 12.3. The van der Waals surface area contributed by atoms with Gasteiger partial charge in [0.25, 0.3) is 0 Å². The van der Waals surface area contributed by atoms with Crippen molar-refractivity contribution in [2.75, 3.05) is 6.61 Å². The molecule has 0 spiro atoms. The molecule has 1 atom stereocenters. The van der Waals surface area contributed by atoms with E-state index in [0.717, 1.165) is 56.1 Å². The Morgan fingerprint density at radius 3 is 2.70 bits per heavy atom. The molecular weight excluding hydrogens is 295 g/mol. The number of carbonyl (C=O) groups is 1. The monoisotopic (exact) mass is 320 g/mol. The van der Waals surface area contributed by atoms with Crippen molar-refractivity contribution in [3.8, 4) is 0 Å². The first-order chi connectivity index (χ1) is 11.2. The number of aryl methyl sites for hydroxylation is 1. The zero-order valence-electron chi connectivity index (χ0n) is 13.4. The van der Waals surface area contributed by atoms with Crippen molar-refractivity contribution in [3.63, 3.8) is 0 Å². The van der Waals surface area contributed by atoms with E-state index in [4.69, 9.17) is 5.11 Å². The highest BCUT2D eigenvalue weighted by atomic mass is 19.1. The van der Waals surface area contributed by atoms with Crippen LogP contribution in [0.3, 0.4) is 0 Å². The van der Waals surface area contributed by atoms with Gasteiger partial charge in [-0.15, -0.1) is 0 Å². The summed E-state index contributed by atoms with van der Waals surface area (Å²) in [5.41, 5.74) is 2.04. The molecule has 1 unspecified atom stereocenters. The average molecular weight is 320 g/mol. The van der Waals surface area contributed by atoms with E-state index < -0.39 is 0 Å². The van der Waals surface area contributed by atoms with Gasteiger partial charge in [0.1, 0.15) is 5.82 Å². The van der Waals surface area contributed by atoms with Gasteiger partial charge in [0.05, 0.1) is 6.04 Å². The number of carbonyl (C=O) groups excluding carboxylic acids is 1. The first kappa shape index (κ1) is 16.2. The molecule has 1 saturated carbocycles. The Hall–Kier alpha value is -1.62. The Labute approximate surface area is 136 Å². The highest BCUT2D eigenvalue weighted by molar-refractivity contribution is 5.75. The number of amides is 2. The van der Waals surface area contributed by atoms with Crippen molar-refractivity contribution < 1.29 is 14.3 Å². The standard InChI is InChI=1S/C18H25FN2O2/c19-14-6-9-16-13(10-14)2-1-3-17(16)21-18(23)20-15-7-4-12(11-22)5-8-15/h6,9-10,12,15,17,22H,1-5,7-8,11H2,(H2,20,21,23). The lowest BCUT2D eigenvalue weighted by molar-refractivity contribution is 0.174. The molecule has 0 heterocycles. The summed E-state index contributed by atoms with van der Waals surface area (Å²) in [5.74, 6) is 0.172.